The molecule has 1 aliphatic rings. The molecule has 1 unspecified atom stereocenters. The van der Waals surface area contributed by atoms with Crippen LogP contribution in [0.25, 0.3) is 11.5 Å². The van der Waals surface area contributed by atoms with E-state index in [0.29, 0.717) is 18.3 Å². The van der Waals surface area contributed by atoms with E-state index in [2.05, 4.69) is 57.4 Å². The third kappa shape index (κ3) is 4.52. The number of anilines is 1. The van der Waals surface area contributed by atoms with Crippen molar-refractivity contribution in [3.8, 4) is 17.5 Å². The predicted octanol–water partition coefficient (Wildman–Crippen LogP) is 4.81. The van der Waals surface area contributed by atoms with Crippen LogP contribution in [-0.4, -0.2) is 34.5 Å². The molecule has 1 fully saturated rings. The topological polar surface area (TPSA) is 78.0 Å². The van der Waals surface area contributed by atoms with Crippen molar-refractivity contribution in [2.45, 2.75) is 38.6 Å². The van der Waals surface area contributed by atoms with Gasteiger partial charge in [0.2, 0.25) is 17.5 Å². The molecule has 4 rings (SSSR count). The van der Waals surface area contributed by atoms with Gasteiger partial charge >= 0.3 is 0 Å². The molecule has 0 spiro atoms. The number of benzene rings is 1. The molecule has 0 radical (unpaired) electrons. The number of aromatic nitrogens is 2. The summed E-state index contributed by atoms with van der Waals surface area (Å²) in [6.07, 6.45) is 8.15. The van der Waals surface area contributed by atoms with Crippen molar-refractivity contribution >= 4 is 5.88 Å². The molecule has 0 amide bonds. The Bertz CT molecular complexity index is 985. The van der Waals surface area contributed by atoms with E-state index in [1.54, 1.807) is 12.4 Å². The highest BCUT2D eigenvalue weighted by atomic mass is 16.4. The molecule has 6 heteroatoms. The molecule has 0 saturated carbocycles. The number of likely N-dealkylation sites (tertiary alicyclic amines) is 1. The fourth-order valence-corrected chi connectivity index (χ4v) is 3.98. The first-order chi connectivity index (χ1) is 14.8. The number of oxazole rings is 1. The molecular formula is C24H27N5O. The molecule has 3 heterocycles. The quantitative estimate of drug-likeness (QED) is 0.612. The van der Waals surface area contributed by atoms with Gasteiger partial charge in [-0.1, -0.05) is 37.6 Å². The van der Waals surface area contributed by atoms with Crippen molar-refractivity contribution in [3.05, 3.63) is 65.6 Å². The summed E-state index contributed by atoms with van der Waals surface area (Å²) in [6.45, 7) is 5.00. The standard InChI is InChI=1S/C24H27N5O/c1-2-18-8-10-19(11-9-18)22(29-13-4-3-5-14-29)17-27-24-21(15-25)28-23(30-24)20-7-6-12-26-16-20/h6-12,16,22,27H,2-5,13-14,17H2,1H3. The van der Waals surface area contributed by atoms with Gasteiger partial charge in [-0.05, 0) is 55.6 Å². The van der Waals surface area contributed by atoms with Crippen molar-refractivity contribution < 1.29 is 4.42 Å². The van der Waals surface area contributed by atoms with Gasteiger partial charge in [-0.2, -0.15) is 10.2 Å². The lowest BCUT2D eigenvalue weighted by atomic mass is 10.00. The van der Waals surface area contributed by atoms with Gasteiger partial charge in [0.25, 0.3) is 0 Å². The molecule has 154 valence electrons. The van der Waals surface area contributed by atoms with E-state index in [4.69, 9.17) is 4.42 Å². The summed E-state index contributed by atoms with van der Waals surface area (Å²) in [7, 11) is 0. The maximum atomic E-state index is 9.53. The Balaban J connectivity index is 1.56. The number of hydrogen-bond acceptors (Lipinski definition) is 6. The van der Waals surface area contributed by atoms with Gasteiger partial charge in [0, 0.05) is 18.9 Å². The van der Waals surface area contributed by atoms with Gasteiger partial charge < -0.3 is 9.73 Å². The Morgan fingerprint density at radius 3 is 2.63 bits per heavy atom. The Morgan fingerprint density at radius 1 is 1.17 bits per heavy atom. The van der Waals surface area contributed by atoms with Crippen molar-refractivity contribution in [3.63, 3.8) is 0 Å². The summed E-state index contributed by atoms with van der Waals surface area (Å²) < 4.78 is 5.90. The van der Waals surface area contributed by atoms with E-state index >= 15 is 0 Å². The lowest BCUT2D eigenvalue weighted by Gasteiger charge is -2.35. The van der Waals surface area contributed by atoms with Gasteiger partial charge in [-0.3, -0.25) is 9.88 Å². The maximum Gasteiger partial charge on any atom is 0.232 e. The number of hydrogen-bond donors (Lipinski definition) is 1. The van der Waals surface area contributed by atoms with Crippen LogP contribution in [0.5, 0.6) is 0 Å². The SMILES string of the molecule is CCc1ccc(C(CNc2oc(-c3cccnc3)nc2C#N)N2CCCCC2)cc1. The molecule has 1 atom stereocenters. The van der Waals surface area contributed by atoms with Gasteiger partial charge in [0.1, 0.15) is 6.07 Å². The number of nitriles is 1. The third-order valence-electron chi connectivity index (χ3n) is 5.70. The van der Waals surface area contributed by atoms with Crippen molar-refractivity contribution in [1.82, 2.24) is 14.9 Å². The van der Waals surface area contributed by atoms with Crippen LogP contribution in [0, 0.1) is 11.3 Å². The minimum Gasteiger partial charge on any atom is -0.419 e. The second-order valence-corrected chi connectivity index (χ2v) is 7.64. The number of piperidine rings is 1. The zero-order chi connectivity index (χ0) is 20.8. The molecule has 0 aliphatic carbocycles. The Hall–Kier alpha value is -3.17. The molecule has 3 aromatic rings. The Kier molecular flexibility index (Phi) is 6.41. The van der Waals surface area contributed by atoms with Gasteiger partial charge in [-0.15, -0.1) is 0 Å². The molecule has 0 bridgehead atoms. The number of pyridine rings is 1. The molecule has 2 aromatic heterocycles. The molecule has 30 heavy (non-hydrogen) atoms. The van der Waals surface area contributed by atoms with E-state index < -0.39 is 0 Å². The Labute approximate surface area is 177 Å². The summed E-state index contributed by atoms with van der Waals surface area (Å²) in [5, 5.41) is 12.9. The van der Waals surface area contributed by atoms with Crippen LogP contribution in [-0.2, 0) is 6.42 Å². The van der Waals surface area contributed by atoms with Crippen molar-refractivity contribution in [2.75, 3.05) is 25.0 Å². The molecular weight excluding hydrogens is 374 g/mol. The summed E-state index contributed by atoms with van der Waals surface area (Å²) in [6, 6.07) is 14.9. The van der Waals surface area contributed by atoms with E-state index in [-0.39, 0.29) is 11.7 Å². The first-order valence-corrected chi connectivity index (χ1v) is 10.7. The van der Waals surface area contributed by atoms with Crippen LogP contribution >= 0.6 is 0 Å². The lowest BCUT2D eigenvalue weighted by molar-refractivity contribution is 0.170. The molecule has 1 aromatic carbocycles. The zero-order valence-electron chi connectivity index (χ0n) is 17.3. The fraction of sp³-hybridized carbons (Fsp3) is 0.375. The monoisotopic (exact) mass is 401 g/mol. The first kappa shape index (κ1) is 20.1. The summed E-state index contributed by atoms with van der Waals surface area (Å²) in [5.74, 6) is 0.826. The van der Waals surface area contributed by atoms with Gasteiger partial charge in [-0.25, -0.2) is 0 Å². The second kappa shape index (κ2) is 9.55. The zero-order valence-corrected chi connectivity index (χ0v) is 17.3. The largest absolute Gasteiger partial charge is 0.419 e. The van der Waals surface area contributed by atoms with E-state index in [9.17, 15) is 5.26 Å². The maximum absolute atomic E-state index is 9.53. The number of nitrogens with one attached hydrogen (secondary N) is 1. The fourth-order valence-electron chi connectivity index (χ4n) is 3.98. The van der Waals surface area contributed by atoms with Crippen LogP contribution in [0.2, 0.25) is 0 Å². The van der Waals surface area contributed by atoms with E-state index in [0.717, 1.165) is 25.1 Å². The third-order valence-corrected chi connectivity index (χ3v) is 5.70. The summed E-state index contributed by atoms with van der Waals surface area (Å²) >= 11 is 0. The smallest absolute Gasteiger partial charge is 0.232 e. The second-order valence-electron chi connectivity index (χ2n) is 7.64. The van der Waals surface area contributed by atoms with E-state index in [1.807, 2.05) is 12.1 Å². The van der Waals surface area contributed by atoms with Crippen LogP contribution in [0.3, 0.4) is 0 Å². The number of rotatable bonds is 7. The molecule has 6 nitrogen and oxygen atoms in total. The number of nitrogens with zero attached hydrogens (tertiary/aromatic N) is 4. The highest BCUT2D eigenvalue weighted by Gasteiger charge is 2.24. The molecule has 1 N–H and O–H groups in total. The summed E-state index contributed by atoms with van der Waals surface area (Å²) in [5.41, 5.74) is 3.65. The average molecular weight is 402 g/mol. The molecule has 1 aliphatic heterocycles. The Morgan fingerprint density at radius 2 is 1.97 bits per heavy atom. The van der Waals surface area contributed by atoms with Crippen molar-refractivity contribution in [2.24, 2.45) is 0 Å². The van der Waals surface area contributed by atoms with Crippen LogP contribution in [0.4, 0.5) is 5.88 Å². The minimum atomic E-state index is 0.217. The normalized spacial score (nSPS) is 15.5. The van der Waals surface area contributed by atoms with Gasteiger partial charge in [0.05, 0.1) is 11.6 Å². The van der Waals surface area contributed by atoms with E-state index in [1.165, 1.54) is 30.4 Å². The summed E-state index contributed by atoms with van der Waals surface area (Å²) in [4.78, 5) is 11.0. The highest BCUT2D eigenvalue weighted by molar-refractivity contribution is 5.57. The van der Waals surface area contributed by atoms with Crippen LogP contribution in [0.1, 0.15) is 49.0 Å². The lowest BCUT2D eigenvalue weighted by Crippen LogP contribution is -2.37. The van der Waals surface area contributed by atoms with Crippen LogP contribution < -0.4 is 5.32 Å². The minimum absolute atomic E-state index is 0.217. The highest BCUT2D eigenvalue weighted by Crippen LogP contribution is 2.28. The predicted molar refractivity (Wildman–Crippen MR) is 117 cm³/mol. The first-order valence-electron chi connectivity index (χ1n) is 10.7. The molecule has 1 saturated heterocycles. The number of aryl methyl sites for hydroxylation is 1. The average Bonchev–Trinajstić information content (AvgIpc) is 3.24. The van der Waals surface area contributed by atoms with Crippen LogP contribution in [0.15, 0.2) is 53.2 Å². The van der Waals surface area contributed by atoms with Gasteiger partial charge in [0.15, 0.2) is 0 Å². The van der Waals surface area contributed by atoms with Crippen molar-refractivity contribution in [1.29, 1.82) is 5.26 Å².